The Morgan fingerprint density at radius 2 is 2.04 bits per heavy atom. The van der Waals surface area contributed by atoms with Crippen molar-refractivity contribution in [2.75, 3.05) is 30.8 Å². The summed E-state index contributed by atoms with van der Waals surface area (Å²) in [5, 5.41) is 6.41. The van der Waals surface area contributed by atoms with Gasteiger partial charge in [0, 0.05) is 37.3 Å². The van der Waals surface area contributed by atoms with Crippen LogP contribution in [0.4, 0.5) is 17.2 Å². The average Bonchev–Trinajstić information content (AvgIpc) is 2.69. The molecule has 0 radical (unpaired) electrons. The molecule has 1 fully saturated rings. The van der Waals surface area contributed by atoms with Crippen LogP contribution < -0.4 is 16.4 Å². The Hall–Kier alpha value is -2.60. The van der Waals surface area contributed by atoms with Crippen molar-refractivity contribution in [3.63, 3.8) is 0 Å². The highest BCUT2D eigenvalue weighted by Gasteiger charge is 2.19. The van der Waals surface area contributed by atoms with E-state index in [2.05, 4.69) is 29.5 Å². The number of hydrogen-bond donors (Lipinski definition) is 3. The quantitative estimate of drug-likeness (QED) is 0.657. The van der Waals surface area contributed by atoms with Crippen LogP contribution in [0.15, 0.2) is 30.5 Å². The molecule has 0 aliphatic carbocycles. The molecule has 0 spiro atoms. The van der Waals surface area contributed by atoms with Gasteiger partial charge in [-0.3, -0.25) is 4.79 Å². The van der Waals surface area contributed by atoms with Crippen LogP contribution in [0.2, 0.25) is 0 Å². The second-order valence-corrected chi connectivity index (χ2v) is 7.78. The number of nitrogens with zero attached hydrogens (tertiary/aromatic N) is 1. The minimum absolute atomic E-state index is 0.0575. The summed E-state index contributed by atoms with van der Waals surface area (Å²) in [5.41, 5.74) is 10.2. The molecule has 28 heavy (non-hydrogen) atoms. The van der Waals surface area contributed by atoms with Crippen LogP contribution in [-0.2, 0) is 4.74 Å². The van der Waals surface area contributed by atoms with E-state index in [9.17, 15) is 4.79 Å². The number of rotatable bonds is 6. The van der Waals surface area contributed by atoms with Gasteiger partial charge in [0.2, 0.25) is 0 Å². The Bertz CT molecular complexity index is 829. The Labute approximate surface area is 166 Å². The lowest BCUT2D eigenvalue weighted by atomic mass is 9.97. The number of carbonyl (C=O) groups excluding carboxylic acids is 1. The monoisotopic (exact) mass is 382 g/mol. The summed E-state index contributed by atoms with van der Waals surface area (Å²) in [6.07, 6.45) is 3.67. The number of pyridine rings is 1. The summed E-state index contributed by atoms with van der Waals surface area (Å²) in [7, 11) is 0. The van der Waals surface area contributed by atoms with Crippen molar-refractivity contribution in [2.45, 2.75) is 39.5 Å². The number of hydrogen-bond acceptors (Lipinski definition) is 5. The maximum Gasteiger partial charge on any atom is 0.253 e. The second-order valence-electron chi connectivity index (χ2n) is 7.78. The van der Waals surface area contributed by atoms with Crippen molar-refractivity contribution < 1.29 is 9.53 Å². The van der Waals surface area contributed by atoms with E-state index in [0.717, 1.165) is 54.4 Å². The van der Waals surface area contributed by atoms with Gasteiger partial charge in [-0.15, -0.1) is 0 Å². The molecule has 2 aromatic rings. The number of aromatic nitrogens is 1. The van der Waals surface area contributed by atoms with Gasteiger partial charge in [0.1, 0.15) is 5.82 Å². The highest BCUT2D eigenvalue weighted by Crippen LogP contribution is 2.26. The highest BCUT2D eigenvalue weighted by atomic mass is 16.5. The zero-order valence-electron chi connectivity index (χ0n) is 16.9. The van der Waals surface area contributed by atoms with Crippen molar-refractivity contribution in [1.82, 2.24) is 10.3 Å². The lowest BCUT2D eigenvalue weighted by Crippen LogP contribution is -2.32. The van der Waals surface area contributed by atoms with E-state index in [0.29, 0.717) is 18.0 Å². The summed E-state index contributed by atoms with van der Waals surface area (Å²) in [4.78, 5) is 17.2. The summed E-state index contributed by atoms with van der Waals surface area (Å²) in [6, 6.07) is 7.68. The largest absolute Gasteiger partial charge is 0.399 e. The minimum Gasteiger partial charge on any atom is -0.399 e. The lowest BCUT2D eigenvalue weighted by Gasteiger charge is -2.22. The smallest absolute Gasteiger partial charge is 0.253 e. The fraction of sp³-hybridized carbons (Fsp3) is 0.455. The maximum absolute atomic E-state index is 12.8. The first kappa shape index (κ1) is 20.1. The molecule has 0 unspecified atom stereocenters. The molecule has 1 aliphatic heterocycles. The van der Waals surface area contributed by atoms with Gasteiger partial charge >= 0.3 is 0 Å². The summed E-state index contributed by atoms with van der Waals surface area (Å²) in [5.74, 6) is 1.36. The Morgan fingerprint density at radius 1 is 1.29 bits per heavy atom. The van der Waals surface area contributed by atoms with Crippen LogP contribution in [0, 0.1) is 12.8 Å². The van der Waals surface area contributed by atoms with Crippen molar-refractivity contribution in [1.29, 1.82) is 0 Å². The molecule has 4 N–H and O–H groups in total. The van der Waals surface area contributed by atoms with Gasteiger partial charge in [-0.05, 0) is 67.0 Å². The molecule has 1 aromatic heterocycles. The summed E-state index contributed by atoms with van der Waals surface area (Å²) < 4.78 is 5.38. The Kier molecular flexibility index (Phi) is 6.52. The van der Waals surface area contributed by atoms with E-state index in [-0.39, 0.29) is 11.8 Å². The molecule has 1 amide bonds. The molecule has 0 atom stereocenters. The molecule has 6 heteroatoms. The molecule has 1 saturated heterocycles. The topological polar surface area (TPSA) is 89.3 Å². The molecule has 1 aromatic carbocycles. The number of anilines is 3. The van der Waals surface area contributed by atoms with Crippen LogP contribution in [0.5, 0.6) is 0 Å². The zero-order valence-corrected chi connectivity index (χ0v) is 16.9. The third-order valence-electron chi connectivity index (χ3n) is 5.21. The van der Waals surface area contributed by atoms with Gasteiger partial charge in [-0.1, -0.05) is 13.8 Å². The third kappa shape index (κ3) is 5.01. The van der Waals surface area contributed by atoms with Gasteiger partial charge in [0.05, 0.1) is 5.56 Å². The van der Waals surface area contributed by atoms with Gasteiger partial charge < -0.3 is 21.1 Å². The first-order chi connectivity index (χ1) is 13.4. The number of benzene rings is 1. The van der Waals surface area contributed by atoms with Gasteiger partial charge in [-0.25, -0.2) is 4.98 Å². The predicted molar refractivity (Wildman–Crippen MR) is 113 cm³/mol. The molecular formula is C22H30N4O2. The second kappa shape index (κ2) is 9.06. The van der Waals surface area contributed by atoms with Crippen LogP contribution in [-0.4, -0.2) is 30.6 Å². The molecule has 1 aliphatic rings. The van der Waals surface area contributed by atoms with Crippen molar-refractivity contribution in [3.05, 3.63) is 47.2 Å². The molecule has 3 rings (SSSR count). The van der Waals surface area contributed by atoms with E-state index in [1.165, 1.54) is 0 Å². The zero-order chi connectivity index (χ0) is 20.1. The fourth-order valence-electron chi connectivity index (χ4n) is 3.45. The van der Waals surface area contributed by atoms with E-state index in [1.807, 2.05) is 31.2 Å². The molecule has 0 bridgehead atoms. The molecule has 2 heterocycles. The fourth-order valence-corrected chi connectivity index (χ4v) is 3.45. The predicted octanol–water partition coefficient (Wildman–Crippen LogP) is 4.00. The van der Waals surface area contributed by atoms with E-state index >= 15 is 0 Å². The minimum atomic E-state index is -0.0575. The first-order valence-electron chi connectivity index (χ1n) is 9.93. The van der Waals surface area contributed by atoms with Gasteiger partial charge in [0.15, 0.2) is 0 Å². The van der Waals surface area contributed by atoms with Gasteiger partial charge in [-0.2, -0.15) is 0 Å². The van der Waals surface area contributed by atoms with Crippen molar-refractivity contribution in [3.8, 4) is 0 Å². The van der Waals surface area contributed by atoms with Crippen LogP contribution in [0.25, 0.3) is 0 Å². The highest BCUT2D eigenvalue weighted by molar-refractivity contribution is 5.96. The van der Waals surface area contributed by atoms with Crippen molar-refractivity contribution >= 4 is 23.1 Å². The number of aryl methyl sites for hydroxylation is 1. The van der Waals surface area contributed by atoms with Gasteiger partial charge in [0.25, 0.3) is 5.91 Å². The SMILES string of the molecule is Cc1cc(N)ccc1Nc1cc(C(C)C)c(C(=O)NCC2CCOCC2)cn1. The molecule has 0 saturated carbocycles. The first-order valence-corrected chi connectivity index (χ1v) is 9.93. The number of nitrogen functional groups attached to an aromatic ring is 1. The number of nitrogens with two attached hydrogens (primary N) is 1. The average molecular weight is 383 g/mol. The number of amides is 1. The van der Waals surface area contributed by atoms with E-state index in [4.69, 9.17) is 10.5 Å². The van der Waals surface area contributed by atoms with Crippen LogP contribution >= 0.6 is 0 Å². The molecule has 150 valence electrons. The van der Waals surface area contributed by atoms with Crippen molar-refractivity contribution in [2.24, 2.45) is 5.92 Å². The number of carbonyl (C=O) groups is 1. The van der Waals surface area contributed by atoms with E-state index < -0.39 is 0 Å². The third-order valence-corrected chi connectivity index (χ3v) is 5.21. The summed E-state index contributed by atoms with van der Waals surface area (Å²) >= 11 is 0. The van der Waals surface area contributed by atoms with Crippen LogP contribution in [0.1, 0.15) is 54.1 Å². The maximum atomic E-state index is 12.8. The number of nitrogens with one attached hydrogen (secondary N) is 2. The Morgan fingerprint density at radius 3 is 2.71 bits per heavy atom. The normalized spacial score (nSPS) is 14.9. The van der Waals surface area contributed by atoms with Crippen LogP contribution in [0.3, 0.4) is 0 Å². The summed E-state index contributed by atoms with van der Waals surface area (Å²) in [6.45, 7) is 8.42. The lowest BCUT2D eigenvalue weighted by molar-refractivity contribution is 0.0642. The Balaban J connectivity index is 1.73. The standard InChI is InChI=1S/C22H30N4O2/c1-14(2)18-11-21(26-20-5-4-17(23)10-15(20)3)24-13-19(18)22(27)25-12-16-6-8-28-9-7-16/h4-5,10-11,13-14,16H,6-9,12,23H2,1-3H3,(H,24,26)(H,25,27). The molecular weight excluding hydrogens is 352 g/mol. The molecule has 6 nitrogen and oxygen atoms in total. The van der Waals surface area contributed by atoms with E-state index in [1.54, 1.807) is 6.20 Å². The number of ether oxygens (including phenoxy) is 1.